The fourth-order valence-electron chi connectivity index (χ4n) is 2.04. The van der Waals surface area contributed by atoms with Crippen LogP contribution in [0, 0.1) is 0 Å². The first-order chi connectivity index (χ1) is 8.65. The van der Waals surface area contributed by atoms with Crippen LogP contribution in [0.25, 0.3) is 0 Å². The van der Waals surface area contributed by atoms with Gasteiger partial charge in [-0.2, -0.15) is 11.8 Å². The molecule has 1 amide bonds. The molecule has 0 saturated carbocycles. The summed E-state index contributed by atoms with van der Waals surface area (Å²) in [5, 5.41) is 3.46. The third-order valence-electron chi connectivity index (χ3n) is 2.93. The van der Waals surface area contributed by atoms with E-state index in [4.69, 9.17) is 5.73 Å². The van der Waals surface area contributed by atoms with Crippen molar-refractivity contribution in [3.05, 3.63) is 24.3 Å². The lowest BCUT2D eigenvalue weighted by molar-refractivity contribution is -0.117. The third kappa shape index (κ3) is 3.65. The number of nitrogen functional groups attached to an aromatic ring is 1. The van der Waals surface area contributed by atoms with Crippen LogP contribution < -0.4 is 11.1 Å². The maximum Gasteiger partial charge on any atom is 0.238 e. The first-order valence-electron chi connectivity index (χ1n) is 6.13. The molecule has 1 aliphatic rings. The average molecular weight is 265 g/mol. The summed E-state index contributed by atoms with van der Waals surface area (Å²) in [6, 6.07) is 7.33. The molecule has 1 saturated heterocycles. The SMILES string of the molecule is CC1CN(CC(=O)Nc2ccccc2N)CCS1. The van der Waals surface area contributed by atoms with Gasteiger partial charge in [0.2, 0.25) is 5.91 Å². The van der Waals surface area contributed by atoms with Gasteiger partial charge in [0.25, 0.3) is 0 Å². The molecule has 1 aromatic rings. The van der Waals surface area contributed by atoms with Gasteiger partial charge in [-0.05, 0) is 12.1 Å². The zero-order valence-electron chi connectivity index (χ0n) is 10.6. The van der Waals surface area contributed by atoms with E-state index < -0.39 is 0 Å². The Labute approximate surface area is 112 Å². The number of benzene rings is 1. The average Bonchev–Trinajstić information content (AvgIpc) is 2.32. The molecule has 5 heteroatoms. The van der Waals surface area contributed by atoms with Crippen LogP contribution in [0.4, 0.5) is 11.4 Å². The van der Waals surface area contributed by atoms with Crippen molar-refractivity contribution in [3.8, 4) is 0 Å². The molecule has 1 fully saturated rings. The van der Waals surface area contributed by atoms with Gasteiger partial charge in [0, 0.05) is 24.1 Å². The van der Waals surface area contributed by atoms with Crippen LogP contribution >= 0.6 is 11.8 Å². The van der Waals surface area contributed by atoms with Gasteiger partial charge in [-0.25, -0.2) is 0 Å². The first kappa shape index (κ1) is 13.2. The highest BCUT2D eigenvalue weighted by Gasteiger charge is 2.18. The van der Waals surface area contributed by atoms with Gasteiger partial charge in [-0.3, -0.25) is 9.69 Å². The molecule has 1 aromatic carbocycles. The van der Waals surface area contributed by atoms with Gasteiger partial charge < -0.3 is 11.1 Å². The quantitative estimate of drug-likeness (QED) is 0.816. The lowest BCUT2D eigenvalue weighted by atomic mass is 10.2. The van der Waals surface area contributed by atoms with E-state index in [2.05, 4.69) is 17.1 Å². The molecule has 0 aliphatic carbocycles. The summed E-state index contributed by atoms with van der Waals surface area (Å²) >= 11 is 1.96. The van der Waals surface area contributed by atoms with Crippen LogP contribution in [0.5, 0.6) is 0 Å². The van der Waals surface area contributed by atoms with Crippen LogP contribution in [0.3, 0.4) is 0 Å². The van der Waals surface area contributed by atoms with E-state index in [9.17, 15) is 4.79 Å². The zero-order chi connectivity index (χ0) is 13.0. The molecule has 0 spiro atoms. The molecular weight excluding hydrogens is 246 g/mol. The molecule has 98 valence electrons. The van der Waals surface area contributed by atoms with Crippen molar-refractivity contribution in [2.45, 2.75) is 12.2 Å². The molecule has 4 nitrogen and oxygen atoms in total. The van der Waals surface area contributed by atoms with E-state index in [0.717, 1.165) is 18.8 Å². The maximum absolute atomic E-state index is 11.9. The fraction of sp³-hybridized carbons (Fsp3) is 0.462. The van der Waals surface area contributed by atoms with Crippen molar-refractivity contribution in [2.24, 2.45) is 0 Å². The fourth-order valence-corrected chi connectivity index (χ4v) is 3.12. The minimum Gasteiger partial charge on any atom is -0.397 e. The van der Waals surface area contributed by atoms with Crippen molar-refractivity contribution < 1.29 is 4.79 Å². The normalized spacial score (nSPS) is 20.6. The predicted octanol–water partition coefficient (Wildman–Crippen LogP) is 1.64. The van der Waals surface area contributed by atoms with Gasteiger partial charge in [0.15, 0.2) is 0 Å². The predicted molar refractivity (Wildman–Crippen MR) is 77.8 cm³/mol. The number of rotatable bonds is 3. The molecule has 2 rings (SSSR count). The van der Waals surface area contributed by atoms with Gasteiger partial charge in [0.1, 0.15) is 0 Å². The number of carbonyl (C=O) groups is 1. The van der Waals surface area contributed by atoms with Crippen molar-refractivity contribution in [3.63, 3.8) is 0 Å². The van der Waals surface area contributed by atoms with E-state index in [1.165, 1.54) is 0 Å². The van der Waals surface area contributed by atoms with Crippen molar-refractivity contribution in [1.29, 1.82) is 0 Å². The van der Waals surface area contributed by atoms with E-state index in [1.54, 1.807) is 6.07 Å². The topological polar surface area (TPSA) is 58.4 Å². The van der Waals surface area contributed by atoms with Crippen LogP contribution in [-0.4, -0.2) is 41.4 Å². The van der Waals surface area contributed by atoms with Gasteiger partial charge in [-0.1, -0.05) is 19.1 Å². The first-order valence-corrected chi connectivity index (χ1v) is 7.18. The third-order valence-corrected chi connectivity index (χ3v) is 4.06. The minimum atomic E-state index is 0.00648. The second-order valence-corrected chi connectivity index (χ2v) is 6.10. The summed E-state index contributed by atoms with van der Waals surface area (Å²) in [6.07, 6.45) is 0. The number of hydrogen-bond acceptors (Lipinski definition) is 4. The van der Waals surface area contributed by atoms with Gasteiger partial charge >= 0.3 is 0 Å². The zero-order valence-corrected chi connectivity index (χ0v) is 11.4. The standard InChI is InChI=1S/C13H19N3OS/c1-10-8-16(6-7-18-10)9-13(17)15-12-5-3-2-4-11(12)14/h2-5,10H,6-9,14H2,1H3,(H,15,17). The lowest BCUT2D eigenvalue weighted by Gasteiger charge is -2.29. The highest BCUT2D eigenvalue weighted by atomic mass is 32.2. The van der Waals surface area contributed by atoms with Crippen LogP contribution in [0.2, 0.25) is 0 Å². The van der Waals surface area contributed by atoms with Gasteiger partial charge in [0.05, 0.1) is 17.9 Å². The molecule has 0 aromatic heterocycles. The highest BCUT2D eigenvalue weighted by Crippen LogP contribution is 2.19. The smallest absolute Gasteiger partial charge is 0.238 e. The minimum absolute atomic E-state index is 0.00648. The van der Waals surface area contributed by atoms with Crippen LogP contribution in [-0.2, 0) is 4.79 Å². The Hall–Kier alpha value is -1.20. The number of nitrogens with two attached hydrogens (primary N) is 1. The molecule has 18 heavy (non-hydrogen) atoms. The second-order valence-electron chi connectivity index (χ2n) is 4.55. The second kappa shape index (κ2) is 6.11. The molecule has 0 bridgehead atoms. The monoisotopic (exact) mass is 265 g/mol. The molecule has 0 radical (unpaired) electrons. The summed E-state index contributed by atoms with van der Waals surface area (Å²) in [7, 11) is 0. The van der Waals surface area contributed by atoms with E-state index in [1.807, 2.05) is 30.0 Å². The number of nitrogens with one attached hydrogen (secondary N) is 1. The van der Waals surface area contributed by atoms with E-state index >= 15 is 0 Å². The van der Waals surface area contributed by atoms with E-state index in [-0.39, 0.29) is 5.91 Å². The molecular formula is C13H19N3OS. The Morgan fingerprint density at radius 2 is 2.33 bits per heavy atom. The Kier molecular flexibility index (Phi) is 4.49. The number of para-hydroxylation sites is 2. The lowest BCUT2D eigenvalue weighted by Crippen LogP contribution is -2.41. The number of anilines is 2. The number of carbonyl (C=O) groups excluding carboxylic acids is 1. The van der Waals surface area contributed by atoms with Crippen molar-refractivity contribution in [2.75, 3.05) is 36.4 Å². The summed E-state index contributed by atoms with van der Waals surface area (Å²) in [6.45, 7) is 4.60. The largest absolute Gasteiger partial charge is 0.397 e. The Bertz CT molecular complexity index is 424. The van der Waals surface area contributed by atoms with Crippen LogP contribution in [0.1, 0.15) is 6.92 Å². The molecule has 3 N–H and O–H groups in total. The summed E-state index contributed by atoms with van der Waals surface area (Å²) in [5.74, 6) is 1.11. The maximum atomic E-state index is 11.9. The summed E-state index contributed by atoms with van der Waals surface area (Å²) in [5.41, 5.74) is 7.09. The molecule has 1 heterocycles. The van der Waals surface area contributed by atoms with Crippen molar-refractivity contribution >= 4 is 29.0 Å². The highest BCUT2D eigenvalue weighted by molar-refractivity contribution is 7.99. The summed E-state index contributed by atoms with van der Waals surface area (Å²) < 4.78 is 0. The molecule has 1 atom stereocenters. The Morgan fingerprint density at radius 3 is 3.06 bits per heavy atom. The Balaban J connectivity index is 1.87. The Morgan fingerprint density at radius 1 is 1.56 bits per heavy atom. The number of hydrogen-bond donors (Lipinski definition) is 2. The number of thioether (sulfide) groups is 1. The van der Waals surface area contributed by atoms with E-state index in [0.29, 0.717) is 23.2 Å². The van der Waals surface area contributed by atoms with Crippen molar-refractivity contribution in [1.82, 2.24) is 4.90 Å². The van der Waals surface area contributed by atoms with Crippen LogP contribution in [0.15, 0.2) is 24.3 Å². The molecule has 1 aliphatic heterocycles. The number of amides is 1. The van der Waals surface area contributed by atoms with Gasteiger partial charge in [-0.15, -0.1) is 0 Å². The molecule has 1 unspecified atom stereocenters. The summed E-state index contributed by atoms with van der Waals surface area (Å²) in [4.78, 5) is 14.1. The number of nitrogens with zero attached hydrogens (tertiary/aromatic N) is 1.